The van der Waals surface area contributed by atoms with Crippen LogP contribution in [0.3, 0.4) is 0 Å². The van der Waals surface area contributed by atoms with Crippen LogP contribution in [0.1, 0.15) is 23.7 Å². The van der Waals surface area contributed by atoms with Crippen molar-refractivity contribution in [1.82, 2.24) is 5.32 Å². The smallest absolute Gasteiger partial charge is 0.261 e. The van der Waals surface area contributed by atoms with Crippen LogP contribution in [0, 0.1) is 0 Å². The van der Waals surface area contributed by atoms with E-state index >= 15 is 0 Å². The zero-order chi connectivity index (χ0) is 21.3. The van der Waals surface area contributed by atoms with Crippen molar-refractivity contribution in [2.24, 2.45) is 0 Å². The summed E-state index contributed by atoms with van der Waals surface area (Å²) in [5.74, 6) is 0.193. The summed E-state index contributed by atoms with van der Waals surface area (Å²) >= 11 is 8.70. The average Bonchev–Trinajstić information content (AvgIpc) is 2.75. The number of carbonyl (C=O) groups is 1. The summed E-state index contributed by atoms with van der Waals surface area (Å²) in [6.07, 6.45) is 0.853. The summed E-state index contributed by atoms with van der Waals surface area (Å²) in [7, 11) is 0. The van der Waals surface area contributed by atoms with Crippen molar-refractivity contribution in [2.75, 3.05) is 17.2 Å². The minimum absolute atomic E-state index is 0.213. The fourth-order valence-corrected chi connectivity index (χ4v) is 3.25. The van der Waals surface area contributed by atoms with Crippen molar-refractivity contribution in [2.45, 2.75) is 13.3 Å². The molecule has 0 heterocycles. The third kappa shape index (κ3) is 6.30. The molecule has 5 nitrogen and oxygen atoms in total. The number of anilines is 3. The Morgan fingerprint density at radius 2 is 1.63 bits per heavy atom. The van der Waals surface area contributed by atoms with Gasteiger partial charge >= 0.3 is 0 Å². The molecule has 3 N–H and O–H groups in total. The van der Waals surface area contributed by atoms with Gasteiger partial charge in [0.15, 0.2) is 5.11 Å². The molecule has 0 bridgehead atoms. The van der Waals surface area contributed by atoms with Gasteiger partial charge in [0, 0.05) is 21.5 Å². The van der Waals surface area contributed by atoms with Crippen molar-refractivity contribution in [3.05, 3.63) is 82.8 Å². The van der Waals surface area contributed by atoms with Crippen molar-refractivity contribution in [3.8, 4) is 5.75 Å². The van der Waals surface area contributed by atoms with Gasteiger partial charge in [0.2, 0.25) is 0 Å². The van der Waals surface area contributed by atoms with E-state index in [1.165, 1.54) is 0 Å². The van der Waals surface area contributed by atoms with E-state index in [2.05, 4.69) is 31.9 Å². The van der Waals surface area contributed by atoms with Crippen molar-refractivity contribution >= 4 is 56.2 Å². The van der Waals surface area contributed by atoms with Gasteiger partial charge < -0.3 is 15.4 Å². The topological polar surface area (TPSA) is 62.4 Å². The molecule has 3 rings (SSSR count). The van der Waals surface area contributed by atoms with Gasteiger partial charge in [-0.25, -0.2) is 0 Å². The number of halogens is 1. The molecule has 154 valence electrons. The van der Waals surface area contributed by atoms with Crippen LogP contribution in [0.5, 0.6) is 5.75 Å². The second-order valence-electron chi connectivity index (χ2n) is 6.47. The zero-order valence-electron chi connectivity index (χ0n) is 16.4. The van der Waals surface area contributed by atoms with E-state index in [9.17, 15) is 4.79 Å². The monoisotopic (exact) mass is 483 g/mol. The van der Waals surface area contributed by atoms with Crippen molar-refractivity contribution in [1.29, 1.82) is 0 Å². The third-order valence-corrected chi connectivity index (χ3v) is 4.78. The SMILES string of the molecule is CCCOc1ccc(Br)cc1C(=O)NC(=S)Nc1ccc(Nc2ccccc2)cc1. The van der Waals surface area contributed by atoms with Gasteiger partial charge in [0.05, 0.1) is 12.2 Å². The van der Waals surface area contributed by atoms with Crippen LogP contribution in [0.4, 0.5) is 17.1 Å². The number of ether oxygens (including phenoxy) is 1. The quantitative estimate of drug-likeness (QED) is 0.354. The van der Waals surface area contributed by atoms with Crippen molar-refractivity contribution in [3.63, 3.8) is 0 Å². The molecule has 0 radical (unpaired) electrons. The fraction of sp³-hybridized carbons (Fsp3) is 0.130. The molecule has 7 heteroatoms. The number of benzene rings is 3. The maximum absolute atomic E-state index is 12.7. The highest BCUT2D eigenvalue weighted by Crippen LogP contribution is 2.24. The highest BCUT2D eigenvalue weighted by molar-refractivity contribution is 9.10. The lowest BCUT2D eigenvalue weighted by atomic mass is 10.2. The first kappa shape index (κ1) is 21.8. The largest absolute Gasteiger partial charge is 0.493 e. The number of rotatable bonds is 7. The Morgan fingerprint density at radius 3 is 2.33 bits per heavy atom. The second kappa shape index (κ2) is 10.8. The van der Waals surface area contributed by atoms with Crippen LogP contribution < -0.4 is 20.7 Å². The van der Waals surface area contributed by atoms with Gasteiger partial charge in [-0.2, -0.15) is 0 Å². The molecular formula is C23H22BrN3O2S. The summed E-state index contributed by atoms with van der Waals surface area (Å²) in [6.45, 7) is 2.55. The van der Waals surface area contributed by atoms with Crippen LogP contribution in [0.15, 0.2) is 77.3 Å². The minimum atomic E-state index is -0.331. The Morgan fingerprint density at radius 1 is 0.967 bits per heavy atom. The summed E-state index contributed by atoms with van der Waals surface area (Å²) in [5.41, 5.74) is 3.16. The van der Waals surface area contributed by atoms with Crippen LogP contribution >= 0.6 is 28.1 Å². The molecular weight excluding hydrogens is 462 g/mol. The first-order chi connectivity index (χ1) is 14.5. The lowest BCUT2D eigenvalue weighted by Gasteiger charge is -2.13. The van der Waals surface area contributed by atoms with Crippen LogP contribution in [-0.4, -0.2) is 17.6 Å². The predicted molar refractivity (Wildman–Crippen MR) is 130 cm³/mol. The summed E-state index contributed by atoms with van der Waals surface area (Å²) in [5, 5.41) is 9.27. The van der Waals surface area contributed by atoms with E-state index in [1.807, 2.05) is 67.6 Å². The molecule has 0 aliphatic rings. The van der Waals surface area contributed by atoms with Gasteiger partial charge in [0.25, 0.3) is 5.91 Å². The Hall–Kier alpha value is -2.90. The van der Waals surface area contributed by atoms with Crippen LogP contribution in [-0.2, 0) is 0 Å². The summed E-state index contributed by atoms with van der Waals surface area (Å²) in [4.78, 5) is 12.7. The zero-order valence-corrected chi connectivity index (χ0v) is 18.8. The van der Waals surface area contributed by atoms with E-state index < -0.39 is 0 Å². The van der Waals surface area contributed by atoms with E-state index in [0.717, 1.165) is 28.0 Å². The van der Waals surface area contributed by atoms with Gasteiger partial charge in [-0.05, 0) is 73.2 Å². The fourth-order valence-electron chi connectivity index (χ4n) is 2.68. The van der Waals surface area contributed by atoms with Gasteiger partial charge in [-0.1, -0.05) is 41.1 Å². The Labute approximate surface area is 190 Å². The molecule has 0 fully saturated rings. The first-order valence-electron chi connectivity index (χ1n) is 9.52. The van der Waals surface area contributed by atoms with Crippen LogP contribution in [0.25, 0.3) is 0 Å². The Balaban J connectivity index is 1.60. The number of thiocarbonyl (C=S) groups is 1. The average molecular weight is 484 g/mol. The van der Waals surface area contributed by atoms with Gasteiger partial charge in [0.1, 0.15) is 5.75 Å². The maximum Gasteiger partial charge on any atom is 0.261 e. The van der Waals surface area contributed by atoms with E-state index in [4.69, 9.17) is 17.0 Å². The molecule has 3 aromatic carbocycles. The molecule has 3 aromatic rings. The number of carbonyl (C=O) groups excluding carboxylic acids is 1. The number of hydrogen-bond acceptors (Lipinski definition) is 4. The first-order valence-corrected chi connectivity index (χ1v) is 10.7. The molecule has 0 unspecified atom stereocenters. The van der Waals surface area contributed by atoms with E-state index in [-0.39, 0.29) is 11.0 Å². The molecule has 0 saturated heterocycles. The summed E-state index contributed by atoms with van der Waals surface area (Å²) in [6, 6.07) is 22.9. The summed E-state index contributed by atoms with van der Waals surface area (Å²) < 4.78 is 6.46. The van der Waals surface area contributed by atoms with Crippen LogP contribution in [0.2, 0.25) is 0 Å². The standard InChI is InChI=1S/C23H22BrN3O2S/c1-2-14-29-21-13-8-16(24)15-20(21)22(28)27-23(30)26-19-11-9-18(10-12-19)25-17-6-4-3-5-7-17/h3-13,15,25H,2,14H2,1H3,(H2,26,27,28,30). The number of hydrogen-bond donors (Lipinski definition) is 3. The second-order valence-corrected chi connectivity index (χ2v) is 7.79. The highest BCUT2D eigenvalue weighted by atomic mass is 79.9. The molecule has 0 aromatic heterocycles. The lowest BCUT2D eigenvalue weighted by molar-refractivity contribution is 0.0973. The third-order valence-electron chi connectivity index (χ3n) is 4.08. The number of para-hydroxylation sites is 1. The van der Waals surface area contributed by atoms with Gasteiger partial charge in [-0.15, -0.1) is 0 Å². The normalized spacial score (nSPS) is 10.2. The van der Waals surface area contributed by atoms with E-state index in [1.54, 1.807) is 12.1 Å². The predicted octanol–water partition coefficient (Wildman–Crippen LogP) is 6.11. The Bertz CT molecular complexity index is 1010. The molecule has 0 saturated carbocycles. The molecule has 0 aliphatic carbocycles. The highest BCUT2D eigenvalue weighted by Gasteiger charge is 2.15. The molecule has 0 spiro atoms. The van der Waals surface area contributed by atoms with Gasteiger partial charge in [-0.3, -0.25) is 10.1 Å². The minimum Gasteiger partial charge on any atom is -0.493 e. The van der Waals surface area contributed by atoms with Crippen molar-refractivity contribution < 1.29 is 9.53 Å². The van der Waals surface area contributed by atoms with E-state index in [0.29, 0.717) is 17.9 Å². The lowest BCUT2D eigenvalue weighted by Crippen LogP contribution is -2.34. The number of amides is 1. The molecule has 30 heavy (non-hydrogen) atoms. The number of nitrogens with one attached hydrogen (secondary N) is 3. The molecule has 0 aliphatic heterocycles. The Kier molecular flexibility index (Phi) is 7.82. The maximum atomic E-state index is 12.7. The molecule has 1 amide bonds. The molecule has 0 atom stereocenters.